The highest BCUT2D eigenvalue weighted by atomic mass is 32.2. The van der Waals surface area contributed by atoms with Gasteiger partial charge < -0.3 is 9.52 Å². The van der Waals surface area contributed by atoms with Crippen LogP contribution in [0.2, 0.25) is 0 Å². The van der Waals surface area contributed by atoms with E-state index in [2.05, 4.69) is 4.72 Å². The van der Waals surface area contributed by atoms with Crippen LogP contribution >= 0.6 is 0 Å². The second-order valence-electron chi connectivity index (χ2n) is 5.03. The van der Waals surface area contributed by atoms with Crippen molar-refractivity contribution < 1.29 is 17.9 Å². The fraction of sp³-hybridized carbons (Fsp3) is 0.333. The van der Waals surface area contributed by atoms with E-state index in [-0.39, 0.29) is 18.0 Å². The normalized spacial score (nSPS) is 11.8. The molecule has 21 heavy (non-hydrogen) atoms. The molecule has 1 aromatic carbocycles. The predicted molar refractivity (Wildman–Crippen MR) is 79.3 cm³/mol. The van der Waals surface area contributed by atoms with Gasteiger partial charge in [0.25, 0.3) is 0 Å². The number of aliphatic hydroxyl groups excluding tert-OH is 1. The average molecular weight is 309 g/mol. The average Bonchev–Trinajstić information content (AvgIpc) is 2.85. The maximum atomic E-state index is 12.4. The van der Waals surface area contributed by atoms with Crippen molar-refractivity contribution in [3.8, 4) is 0 Å². The number of hydrogen-bond donors (Lipinski definition) is 2. The molecule has 0 saturated carbocycles. The molecule has 0 saturated heterocycles. The van der Waals surface area contributed by atoms with Crippen LogP contribution in [0, 0.1) is 20.8 Å². The van der Waals surface area contributed by atoms with E-state index in [0.29, 0.717) is 16.9 Å². The van der Waals surface area contributed by atoms with Gasteiger partial charge in [-0.3, -0.25) is 0 Å². The van der Waals surface area contributed by atoms with Gasteiger partial charge in [-0.05, 0) is 55.7 Å². The monoisotopic (exact) mass is 309 g/mol. The highest BCUT2D eigenvalue weighted by molar-refractivity contribution is 7.89. The van der Waals surface area contributed by atoms with Crippen molar-refractivity contribution in [1.82, 2.24) is 4.72 Å². The number of hydrogen-bond acceptors (Lipinski definition) is 4. The fourth-order valence-electron chi connectivity index (χ4n) is 2.09. The fourth-order valence-corrected chi connectivity index (χ4v) is 3.45. The second-order valence-corrected chi connectivity index (χ2v) is 6.77. The number of aryl methyl sites for hydroxylation is 2. The Morgan fingerprint density at radius 1 is 1.19 bits per heavy atom. The summed E-state index contributed by atoms with van der Waals surface area (Å²) in [6.45, 7) is 5.28. The first-order valence-electron chi connectivity index (χ1n) is 6.59. The van der Waals surface area contributed by atoms with Gasteiger partial charge in [-0.15, -0.1) is 0 Å². The lowest BCUT2D eigenvalue weighted by Crippen LogP contribution is -2.24. The molecule has 0 unspecified atom stereocenters. The smallest absolute Gasteiger partial charge is 0.241 e. The van der Waals surface area contributed by atoms with Gasteiger partial charge in [0.1, 0.15) is 11.5 Å². The lowest BCUT2D eigenvalue weighted by molar-refractivity contribution is 0.281. The van der Waals surface area contributed by atoms with E-state index < -0.39 is 10.0 Å². The van der Waals surface area contributed by atoms with E-state index in [0.717, 1.165) is 11.3 Å². The third-order valence-electron chi connectivity index (χ3n) is 3.38. The summed E-state index contributed by atoms with van der Waals surface area (Å²) < 4.78 is 32.7. The number of furan rings is 1. The zero-order valence-electron chi connectivity index (χ0n) is 12.3. The van der Waals surface area contributed by atoms with Crippen molar-refractivity contribution >= 4 is 10.0 Å². The molecule has 0 aliphatic heterocycles. The van der Waals surface area contributed by atoms with Gasteiger partial charge in [-0.2, -0.15) is 0 Å². The third-order valence-corrected chi connectivity index (χ3v) is 4.91. The lowest BCUT2D eigenvalue weighted by atomic mass is 10.1. The Hall–Kier alpha value is -1.63. The summed E-state index contributed by atoms with van der Waals surface area (Å²) >= 11 is 0. The first-order valence-corrected chi connectivity index (χ1v) is 8.08. The van der Waals surface area contributed by atoms with E-state index in [1.54, 1.807) is 32.0 Å². The molecular formula is C15H19NO4S. The molecule has 0 bridgehead atoms. The Kier molecular flexibility index (Phi) is 4.51. The molecule has 0 radical (unpaired) electrons. The molecule has 0 fully saturated rings. The molecule has 2 aromatic rings. The zero-order chi connectivity index (χ0) is 15.6. The minimum absolute atomic E-state index is 0.0953. The topological polar surface area (TPSA) is 79.5 Å². The molecule has 2 rings (SSSR count). The molecule has 0 amide bonds. The van der Waals surface area contributed by atoms with Crippen LogP contribution in [0.25, 0.3) is 0 Å². The molecule has 0 atom stereocenters. The second kappa shape index (κ2) is 6.01. The summed E-state index contributed by atoms with van der Waals surface area (Å²) in [4.78, 5) is 0.190. The predicted octanol–water partition coefficient (Wildman–Crippen LogP) is 2.18. The SMILES string of the molecule is Cc1ccc(CNS(=O)(=O)c2cc(CO)cc(C)c2C)o1. The van der Waals surface area contributed by atoms with Crippen LogP contribution in [0.3, 0.4) is 0 Å². The maximum Gasteiger partial charge on any atom is 0.241 e. The van der Waals surface area contributed by atoms with Crippen molar-refractivity contribution in [2.75, 3.05) is 0 Å². The molecule has 2 N–H and O–H groups in total. The standard InChI is InChI=1S/C15H19NO4S/c1-10-6-13(9-17)7-15(12(10)3)21(18,19)16-8-14-5-4-11(2)20-14/h4-7,16-17H,8-9H2,1-3H3. The summed E-state index contributed by atoms with van der Waals surface area (Å²) in [6, 6.07) is 6.80. The molecular weight excluding hydrogens is 290 g/mol. The van der Waals surface area contributed by atoms with Gasteiger partial charge in [0.2, 0.25) is 10.0 Å². The first-order chi connectivity index (χ1) is 9.83. The lowest BCUT2D eigenvalue weighted by Gasteiger charge is -2.12. The van der Waals surface area contributed by atoms with E-state index in [1.807, 2.05) is 6.92 Å². The number of rotatable bonds is 5. The maximum absolute atomic E-state index is 12.4. The van der Waals surface area contributed by atoms with Gasteiger partial charge in [0, 0.05) is 0 Å². The Bertz CT molecular complexity index is 747. The van der Waals surface area contributed by atoms with Crippen LogP contribution in [-0.4, -0.2) is 13.5 Å². The molecule has 1 heterocycles. The van der Waals surface area contributed by atoms with Gasteiger partial charge >= 0.3 is 0 Å². The molecule has 0 aliphatic carbocycles. The minimum atomic E-state index is -3.66. The van der Waals surface area contributed by atoms with E-state index in [1.165, 1.54) is 6.07 Å². The minimum Gasteiger partial charge on any atom is -0.465 e. The van der Waals surface area contributed by atoms with Crippen molar-refractivity contribution in [2.24, 2.45) is 0 Å². The zero-order valence-corrected chi connectivity index (χ0v) is 13.1. The van der Waals surface area contributed by atoms with Gasteiger partial charge in [-0.1, -0.05) is 6.07 Å². The summed E-state index contributed by atoms with van der Waals surface area (Å²) in [5, 5.41) is 9.22. The van der Waals surface area contributed by atoms with Crippen molar-refractivity contribution in [3.05, 3.63) is 52.5 Å². The van der Waals surface area contributed by atoms with Crippen LogP contribution in [0.1, 0.15) is 28.2 Å². The summed E-state index contributed by atoms with van der Waals surface area (Å²) in [6.07, 6.45) is 0. The molecule has 6 heteroatoms. The van der Waals surface area contributed by atoms with Crippen molar-refractivity contribution in [2.45, 2.75) is 38.8 Å². The quantitative estimate of drug-likeness (QED) is 0.887. The van der Waals surface area contributed by atoms with Crippen LogP contribution in [0.15, 0.2) is 33.6 Å². The highest BCUT2D eigenvalue weighted by Gasteiger charge is 2.19. The third kappa shape index (κ3) is 3.53. The van der Waals surface area contributed by atoms with E-state index >= 15 is 0 Å². The van der Waals surface area contributed by atoms with Crippen LogP contribution in [0.4, 0.5) is 0 Å². The Morgan fingerprint density at radius 2 is 1.90 bits per heavy atom. The largest absolute Gasteiger partial charge is 0.465 e. The number of benzene rings is 1. The summed E-state index contributed by atoms with van der Waals surface area (Å²) in [7, 11) is -3.66. The Labute approximate surface area is 124 Å². The van der Waals surface area contributed by atoms with Gasteiger partial charge in [0.05, 0.1) is 18.0 Å². The molecule has 1 aromatic heterocycles. The number of aliphatic hydroxyl groups is 1. The molecule has 0 aliphatic rings. The van der Waals surface area contributed by atoms with Gasteiger partial charge in [0.15, 0.2) is 0 Å². The molecule has 114 valence electrons. The van der Waals surface area contributed by atoms with E-state index in [9.17, 15) is 13.5 Å². The summed E-state index contributed by atoms with van der Waals surface area (Å²) in [5.41, 5.74) is 2.08. The summed E-state index contributed by atoms with van der Waals surface area (Å²) in [5.74, 6) is 1.29. The molecule has 0 spiro atoms. The number of sulfonamides is 1. The van der Waals surface area contributed by atoms with E-state index in [4.69, 9.17) is 4.42 Å². The Balaban J connectivity index is 2.29. The van der Waals surface area contributed by atoms with Crippen molar-refractivity contribution in [1.29, 1.82) is 0 Å². The molecule has 5 nitrogen and oxygen atoms in total. The van der Waals surface area contributed by atoms with Gasteiger partial charge in [-0.25, -0.2) is 13.1 Å². The van der Waals surface area contributed by atoms with Crippen LogP contribution in [-0.2, 0) is 23.2 Å². The van der Waals surface area contributed by atoms with Crippen LogP contribution in [0.5, 0.6) is 0 Å². The van der Waals surface area contributed by atoms with Crippen molar-refractivity contribution in [3.63, 3.8) is 0 Å². The van der Waals surface area contributed by atoms with Crippen LogP contribution < -0.4 is 4.72 Å². The highest BCUT2D eigenvalue weighted by Crippen LogP contribution is 2.21. The first kappa shape index (κ1) is 15.8. The Morgan fingerprint density at radius 3 is 2.48 bits per heavy atom. The number of nitrogens with one attached hydrogen (secondary N) is 1.